The first-order valence-corrected chi connectivity index (χ1v) is 10.5. The first-order chi connectivity index (χ1) is 12.3. The molecule has 0 radical (unpaired) electrons. The minimum atomic E-state index is 0.0426. The highest BCUT2D eigenvalue weighted by molar-refractivity contribution is 5.72. The summed E-state index contributed by atoms with van der Waals surface area (Å²) in [5.41, 5.74) is 1.31. The van der Waals surface area contributed by atoms with Crippen molar-refractivity contribution in [3.63, 3.8) is 0 Å². The van der Waals surface area contributed by atoms with Crippen LogP contribution in [0.15, 0.2) is 30.3 Å². The SMILES string of the molecule is CCCCCCC(CCCCCC)C(=O)OCCCc1ccccc1. The van der Waals surface area contributed by atoms with Crippen LogP contribution in [0.25, 0.3) is 0 Å². The topological polar surface area (TPSA) is 26.3 Å². The Hall–Kier alpha value is -1.31. The molecular formula is C23H38O2. The number of carbonyl (C=O) groups is 1. The van der Waals surface area contributed by atoms with Gasteiger partial charge in [0.15, 0.2) is 0 Å². The molecule has 0 heterocycles. The molecule has 142 valence electrons. The second kappa shape index (κ2) is 15.0. The van der Waals surface area contributed by atoms with E-state index in [4.69, 9.17) is 4.74 Å². The van der Waals surface area contributed by atoms with E-state index in [0.717, 1.165) is 38.5 Å². The Morgan fingerprint density at radius 1 is 0.840 bits per heavy atom. The number of aryl methyl sites for hydroxylation is 1. The molecule has 2 nitrogen and oxygen atoms in total. The predicted octanol–water partition coefficient (Wildman–Crippen LogP) is 6.72. The molecule has 0 amide bonds. The van der Waals surface area contributed by atoms with E-state index < -0.39 is 0 Å². The fourth-order valence-corrected chi connectivity index (χ4v) is 3.23. The first-order valence-electron chi connectivity index (χ1n) is 10.5. The average molecular weight is 347 g/mol. The summed E-state index contributed by atoms with van der Waals surface area (Å²) >= 11 is 0. The molecule has 1 aromatic rings. The Bertz CT molecular complexity index is 415. The monoisotopic (exact) mass is 346 g/mol. The molecule has 0 fully saturated rings. The summed E-state index contributed by atoms with van der Waals surface area (Å²) in [5, 5.41) is 0. The molecule has 25 heavy (non-hydrogen) atoms. The average Bonchev–Trinajstić information content (AvgIpc) is 2.64. The van der Waals surface area contributed by atoms with Crippen molar-refractivity contribution >= 4 is 5.97 Å². The third-order valence-corrected chi connectivity index (χ3v) is 4.84. The summed E-state index contributed by atoms with van der Waals surface area (Å²) in [7, 11) is 0. The van der Waals surface area contributed by atoms with Crippen molar-refractivity contribution in [2.75, 3.05) is 6.61 Å². The number of esters is 1. The molecule has 0 unspecified atom stereocenters. The fourth-order valence-electron chi connectivity index (χ4n) is 3.23. The van der Waals surface area contributed by atoms with Crippen LogP contribution in [0.1, 0.15) is 90.0 Å². The van der Waals surface area contributed by atoms with Crippen LogP contribution in [0, 0.1) is 5.92 Å². The molecule has 0 aliphatic rings. The zero-order chi connectivity index (χ0) is 18.2. The molecule has 1 aromatic carbocycles. The van der Waals surface area contributed by atoms with Gasteiger partial charge in [-0.3, -0.25) is 4.79 Å². The smallest absolute Gasteiger partial charge is 0.308 e. The fraction of sp³-hybridized carbons (Fsp3) is 0.696. The molecule has 0 aromatic heterocycles. The maximum Gasteiger partial charge on any atom is 0.308 e. The largest absolute Gasteiger partial charge is 0.465 e. The van der Waals surface area contributed by atoms with E-state index in [1.807, 2.05) is 6.07 Å². The third kappa shape index (κ3) is 11.0. The predicted molar refractivity (Wildman–Crippen MR) is 107 cm³/mol. The van der Waals surface area contributed by atoms with Crippen LogP contribution in [-0.4, -0.2) is 12.6 Å². The number of hydrogen-bond acceptors (Lipinski definition) is 2. The van der Waals surface area contributed by atoms with Gasteiger partial charge in [-0.2, -0.15) is 0 Å². The lowest BCUT2D eigenvalue weighted by molar-refractivity contribution is -0.149. The minimum absolute atomic E-state index is 0.0426. The maximum absolute atomic E-state index is 12.5. The minimum Gasteiger partial charge on any atom is -0.465 e. The maximum atomic E-state index is 12.5. The zero-order valence-corrected chi connectivity index (χ0v) is 16.5. The lowest BCUT2D eigenvalue weighted by Gasteiger charge is -2.16. The van der Waals surface area contributed by atoms with Gasteiger partial charge in [0.1, 0.15) is 0 Å². The Morgan fingerprint density at radius 2 is 1.44 bits per heavy atom. The van der Waals surface area contributed by atoms with E-state index in [2.05, 4.69) is 38.1 Å². The van der Waals surface area contributed by atoms with Gasteiger partial charge in [-0.25, -0.2) is 0 Å². The molecule has 0 aliphatic carbocycles. The highest BCUT2D eigenvalue weighted by Gasteiger charge is 2.19. The molecule has 0 atom stereocenters. The van der Waals surface area contributed by atoms with Gasteiger partial charge in [-0.05, 0) is 31.2 Å². The molecular weight excluding hydrogens is 308 g/mol. The number of carbonyl (C=O) groups excluding carboxylic acids is 1. The Balaban J connectivity index is 2.28. The summed E-state index contributed by atoms with van der Waals surface area (Å²) < 4.78 is 5.60. The van der Waals surface area contributed by atoms with E-state index in [1.54, 1.807) is 0 Å². The highest BCUT2D eigenvalue weighted by atomic mass is 16.5. The van der Waals surface area contributed by atoms with Crippen LogP contribution in [-0.2, 0) is 16.0 Å². The van der Waals surface area contributed by atoms with Crippen molar-refractivity contribution in [2.24, 2.45) is 5.92 Å². The molecule has 0 aliphatic heterocycles. The summed E-state index contributed by atoms with van der Waals surface area (Å²) in [4.78, 5) is 12.5. The van der Waals surface area contributed by atoms with Crippen molar-refractivity contribution in [3.05, 3.63) is 35.9 Å². The van der Waals surface area contributed by atoms with Crippen LogP contribution in [0.5, 0.6) is 0 Å². The quantitative estimate of drug-likeness (QED) is 0.260. The third-order valence-electron chi connectivity index (χ3n) is 4.84. The van der Waals surface area contributed by atoms with Crippen LogP contribution in [0.3, 0.4) is 0 Å². The normalized spacial score (nSPS) is 11.0. The van der Waals surface area contributed by atoms with Gasteiger partial charge in [0.2, 0.25) is 0 Å². The molecule has 0 N–H and O–H groups in total. The van der Waals surface area contributed by atoms with Gasteiger partial charge in [0.25, 0.3) is 0 Å². The van der Waals surface area contributed by atoms with Gasteiger partial charge in [-0.15, -0.1) is 0 Å². The van der Waals surface area contributed by atoms with Crippen LogP contribution < -0.4 is 0 Å². The van der Waals surface area contributed by atoms with E-state index in [1.165, 1.54) is 44.1 Å². The molecule has 0 bridgehead atoms. The number of benzene rings is 1. The van der Waals surface area contributed by atoms with Crippen LogP contribution >= 0.6 is 0 Å². The van der Waals surface area contributed by atoms with Crippen LogP contribution in [0.4, 0.5) is 0 Å². The Morgan fingerprint density at radius 3 is 2.00 bits per heavy atom. The molecule has 1 rings (SSSR count). The summed E-state index contributed by atoms with van der Waals surface area (Å²) in [6.07, 6.45) is 13.7. The van der Waals surface area contributed by atoms with Crippen molar-refractivity contribution in [2.45, 2.75) is 90.9 Å². The van der Waals surface area contributed by atoms with Crippen molar-refractivity contribution in [1.82, 2.24) is 0 Å². The summed E-state index contributed by atoms with van der Waals surface area (Å²) in [6.45, 7) is 5.00. The number of unbranched alkanes of at least 4 members (excludes halogenated alkanes) is 6. The van der Waals surface area contributed by atoms with Crippen molar-refractivity contribution in [1.29, 1.82) is 0 Å². The van der Waals surface area contributed by atoms with Crippen molar-refractivity contribution in [3.8, 4) is 0 Å². The number of rotatable bonds is 15. The van der Waals surface area contributed by atoms with E-state index >= 15 is 0 Å². The Kier molecular flexibility index (Phi) is 13.0. The van der Waals surface area contributed by atoms with Gasteiger partial charge in [0.05, 0.1) is 12.5 Å². The van der Waals surface area contributed by atoms with Crippen LogP contribution in [0.2, 0.25) is 0 Å². The molecule has 0 spiro atoms. The van der Waals surface area contributed by atoms with Gasteiger partial charge in [0, 0.05) is 0 Å². The van der Waals surface area contributed by atoms with E-state index in [0.29, 0.717) is 6.61 Å². The van der Waals surface area contributed by atoms with Gasteiger partial charge in [-0.1, -0.05) is 95.5 Å². The lowest BCUT2D eigenvalue weighted by Crippen LogP contribution is -2.19. The van der Waals surface area contributed by atoms with Gasteiger partial charge >= 0.3 is 5.97 Å². The van der Waals surface area contributed by atoms with Crippen molar-refractivity contribution < 1.29 is 9.53 Å². The molecule has 0 saturated heterocycles. The van der Waals surface area contributed by atoms with Gasteiger partial charge < -0.3 is 4.74 Å². The van der Waals surface area contributed by atoms with E-state index in [9.17, 15) is 4.79 Å². The molecule has 2 heteroatoms. The second-order valence-corrected chi connectivity index (χ2v) is 7.15. The molecule has 0 saturated carbocycles. The number of hydrogen-bond donors (Lipinski definition) is 0. The lowest BCUT2D eigenvalue weighted by atomic mass is 9.94. The first kappa shape index (κ1) is 21.7. The Labute approximate surface area is 155 Å². The highest BCUT2D eigenvalue weighted by Crippen LogP contribution is 2.20. The summed E-state index contributed by atoms with van der Waals surface area (Å²) in [5.74, 6) is 0.159. The zero-order valence-electron chi connectivity index (χ0n) is 16.5. The van der Waals surface area contributed by atoms with E-state index in [-0.39, 0.29) is 11.9 Å². The number of ether oxygens (including phenoxy) is 1. The standard InChI is InChI=1S/C23H38O2/c1-3-5-7-12-18-22(19-13-8-6-4-2)23(24)25-20-14-17-21-15-10-9-11-16-21/h9-11,15-16,22H,3-8,12-14,17-20H2,1-2H3. The summed E-state index contributed by atoms with van der Waals surface area (Å²) in [6, 6.07) is 10.4. The second-order valence-electron chi connectivity index (χ2n) is 7.15.